The second kappa shape index (κ2) is 23.0. The van der Waals surface area contributed by atoms with Crippen molar-refractivity contribution < 1.29 is 37.7 Å². The molecule has 3 aromatic carbocycles. The molecular weight excluding hydrogens is 1000 g/mol. The van der Waals surface area contributed by atoms with Crippen LogP contribution in [0.5, 0.6) is 11.8 Å². The minimum absolute atomic E-state index is 0.00254. The third kappa shape index (κ3) is 11.9. The number of carbonyl (C=O) groups is 3. The fourth-order valence-electron chi connectivity index (χ4n) is 11.3. The van der Waals surface area contributed by atoms with E-state index in [1.54, 1.807) is 16.2 Å². The zero-order valence-corrected chi connectivity index (χ0v) is 44.9. The molecule has 0 aliphatic carbocycles. The highest BCUT2D eigenvalue weighted by Gasteiger charge is 2.42. The van der Waals surface area contributed by atoms with Crippen molar-refractivity contribution in [3.05, 3.63) is 88.7 Å². The number of thiazole rings is 1. The van der Waals surface area contributed by atoms with Crippen LogP contribution in [-0.2, 0) is 25.7 Å². The quantitative estimate of drug-likeness (QED) is 0.0516. The van der Waals surface area contributed by atoms with Crippen LogP contribution in [0.3, 0.4) is 0 Å². The van der Waals surface area contributed by atoms with Gasteiger partial charge in [-0.15, -0.1) is 17.8 Å². The van der Waals surface area contributed by atoms with Gasteiger partial charge in [-0.2, -0.15) is 9.97 Å². The van der Waals surface area contributed by atoms with Crippen LogP contribution in [-0.4, -0.2) is 135 Å². The van der Waals surface area contributed by atoms with E-state index in [0.29, 0.717) is 75.1 Å². The monoisotopic (exact) mass is 1070 g/mol. The Morgan fingerprint density at radius 3 is 2.45 bits per heavy atom. The van der Waals surface area contributed by atoms with Crippen LogP contribution >= 0.6 is 11.3 Å². The number of anilines is 1. The van der Waals surface area contributed by atoms with Crippen molar-refractivity contribution in [1.82, 2.24) is 45.7 Å². The SMILES string of the molecule is C#Cc1c(F)ccc2cc(O)cc(-c3ncc4c(N5CC6CCC(C5)N6)nc(OC5CCN(CCCOCCC(=O)N[C@H](C(=O)N6CCC[C@H]6C(=O)NCc6ccc(-c7scnc7C)cc6)C(C)(C)C)CC5)nc4c3F)c12. The Bertz CT molecular complexity index is 3200. The van der Waals surface area contributed by atoms with Gasteiger partial charge in [-0.3, -0.25) is 19.4 Å². The van der Waals surface area contributed by atoms with E-state index in [-0.39, 0.29) is 88.4 Å². The van der Waals surface area contributed by atoms with Crippen LogP contribution in [0.25, 0.3) is 43.4 Å². The van der Waals surface area contributed by atoms with Crippen molar-refractivity contribution in [2.45, 2.75) is 116 Å². The van der Waals surface area contributed by atoms with Crippen LogP contribution < -0.4 is 25.6 Å². The molecule has 10 rings (SSSR count). The van der Waals surface area contributed by atoms with Crippen LogP contribution in [0.1, 0.15) is 89.0 Å². The number of aryl methyl sites for hydroxylation is 1. The molecule has 0 saturated carbocycles. The number of phenolic OH excluding ortho intramolecular Hbond substituents is 1. The number of nitrogens with one attached hydrogen (secondary N) is 3. The second-order valence-electron chi connectivity index (χ2n) is 21.8. The Morgan fingerprint density at radius 1 is 0.974 bits per heavy atom. The third-order valence-corrected chi connectivity index (χ3v) is 16.3. The van der Waals surface area contributed by atoms with Crippen molar-refractivity contribution >= 4 is 56.6 Å². The van der Waals surface area contributed by atoms with E-state index >= 15 is 8.78 Å². The van der Waals surface area contributed by atoms with E-state index in [2.05, 4.69) is 46.6 Å². The summed E-state index contributed by atoms with van der Waals surface area (Å²) in [5.41, 5.74) is 4.19. The lowest BCUT2D eigenvalue weighted by Crippen LogP contribution is -2.57. The Kier molecular flexibility index (Phi) is 16.0. The topological polar surface area (TPSA) is 187 Å². The molecule has 4 N–H and O–H groups in total. The van der Waals surface area contributed by atoms with Gasteiger partial charge < -0.3 is 45.2 Å². The van der Waals surface area contributed by atoms with Gasteiger partial charge in [0.15, 0.2) is 5.82 Å². The number of carbonyl (C=O) groups excluding carboxylic acids is 3. The number of nitrogens with zero attached hydrogens (tertiary/aromatic N) is 7. The first-order valence-corrected chi connectivity index (χ1v) is 27.6. The van der Waals surface area contributed by atoms with Gasteiger partial charge in [0, 0.05) is 88.1 Å². The molecule has 4 saturated heterocycles. The highest BCUT2D eigenvalue weighted by molar-refractivity contribution is 7.13. The van der Waals surface area contributed by atoms with Gasteiger partial charge in [0.05, 0.1) is 33.6 Å². The molecule has 6 aromatic rings. The standard InChI is InChI=1S/C58H66F2N10O6S/c1-6-42-45(59)17-14-37-27-40(71)28-43(48(37)42)50-49(60)51-44(30-61-50)54(69-31-38-15-16-39(32-69)64-38)67-57(66-51)76-41-18-23-68(24-19-41)21-8-25-75-26-20-47(72)65-53(58(3,4)5)56(74)70-22-7-9-46(70)55(73)62-29-35-10-12-36(13-11-35)52-34(2)63-33-77-52/h1,10-14,17,27-28,30,33,38-39,41,46,53,64,71H,7-9,15-16,18-26,29,31-32H2,2-5H3,(H,62,73)(H,65,72)/t38?,39?,46-,53+/m0/s1. The summed E-state index contributed by atoms with van der Waals surface area (Å²) in [6.45, 7) is 12.8. The van der Waals surface area contributed by atoms with Gasteiger partial charge in [0.1, 0.15) is 46.8 Å². The van der Waals surface area contributed by atoms with Crippen molar-refractivity contribution in [2.75, 3.05) is 57.4 Å². The number of hydrogen-bond acceptors (Lipinski definition) is 14. The fourth-order valence-corrected chi connectivity index (χ4v) is 12.1. The zero-order valence-electron chi connectivity index (χ0n) is 44.0. The van der Waals surface area contributed by atoms with Gasteiger partial charge in [-0.1, -0.05) is 57.0 Å². The lowest BCUT2D eigenvalue weighted by atomic mass is 9.85. The number of benzene rings is 3. The van der Waals surface area contributed by atoms with E-state index < -0.39 is 29.1 Å². The Balaban J connectivity index is 0.703. The molecule has 16 nitrogen and oxygen atoms in total. The minimum Gasteiger partial charge on any atom is -0.508 e. The highest BCUT2D eigenvalue weighted by atomic mass is 32.1. The molecule has 7 heterocycles. The molecule has 4 fully saturated rings. The van der Waals surface area contributed by atoms with Gasteiger partial charge in [-0.05, 0) is 92.0 Å². The van der Waals surface area contributed by atoms with Crippen LogP contribution in [0.2, 0.25) is 0 Å². The fraction of sp³-hybridized carbons (Fsp3) is 0.466. The van der Waals surface area contributed by atoms with Gasteiger partial charge >= 0.3 is 6.01 Å². The first-order chi connectivity index (χ1) is 37.1. The number of aromatic nitrogens is 4. The predicted molar refractivity (Wildman–Crippen MR) is 292 cm³/mol. The van der Waals surface area contributed by atoms with Crippen molar-refractivity contribution in [3.63, 3.8) is 0 Å². The molecule has 19 heteroatoms. The van der Waals surface area contributed by atoms with Gasteiger partial charge in [-0.25, -0.2) is 13.8 Å². The number of hydrogen-bond donors (Lipinski definition) is 4. The van der Waals surface area contributed by atoms with Crippen LogP contribution in [0.15, 0.2) is 60.2 Å². The van der Waals surface area contributed by atoms with Crippen molar-refractivity contribution in [2.24, 2.45) is 5.41 Å². The number of rotatable bonds is 17. The van der Waals surface area contributed by atoms with E-state index in [0.717, 1.165) is 60.6 Å². The molecule has 4 aliphatic heterocycles. The molecular formula is C58H66F2N10O6S. The van der Waals surface area contributed by atoms with E-state index in [1.165, 1.54) is 30.5 Å². The Morgan fingerprint density at radius 2 is 1.74 bits per heavy atom. The lowest BCUT2D eigenvalue weighted by molar-refractivity contribution is -0.144. The van der Waals surface area contributed by atoms with Crippen molar-refractivity contribution in [3.8, 4) is 45.8 Å². The molecule has 0 radical (unpaired) electrons. The molecule has 2 bridgehead atoms. The molecule has 2 unspecified atom stereocenters. The number of fused-ring (bicyclic) bond motifs is 4. The first kappa shape index (κ1) is 53.5. The molecule has 4 aliphatic rings. The van der Waals surface area contributed by atoms with E-state index in [1.807, 2.05) is 57.5 Å². The maximum absolute atomic E-state index is 17.1. The maximum Gasteiger partial charge on any atom is 0.319 e. The maximum atomic E-state index is 17.1. The van der Waals surface area contributed by atoms with Gasteiger partial charge in [0.2, 0.25) is 17.7 Å². The zero-order chi connectivity index (χ0) is 54.0. The second-order valence-corrected chi connectivity index (χ2v) is 22.7. The largest absolute Gasteiger partial charge is 0.508 e. The summed E-state index contributed by atoms with van der Waals surface area (Å²) in [6.07, 6.45) is 12.6. The molecule has 0 spiro atoms. The van der Waals surface area contributed by atoms with Gasteiger partial charge in [0.25, 0.3) is 0 Å². The molecule has 4 atom stereocenters. The van der Waals surface area contributed by atoms with Crippen molar-refractivity contribution in [1.29, 1.82) is 0 Å². The number of likely N-dealkylation sites (tertiary alicyclic amines) is 2. The number of pyridine rings is 1. The highest BCUT2D eigenvalue weighted by Crippen LogP contribution is 2.40. The number of piperidine rings is 1. The third-order valence-electron chi connectivity index (χ3n) is 15.3. The normalized spacial score (nSPS) is 19.4. The number of aromatic hydroxyl groups is 1. The average Bonchev–Trinajstić information content (AvgIpc) is 4.19. The molecule has 3 aromatic heterocycles. The summed E-state index contributed by atoms with van der Waals surface area (Å²) in [6, 6.07) is 12.7. The summed E-state index contributed by atoms with van der Waals surface area (Å²) >= 11 is 1.59. The Hall–Kier alpha value is -6.85. The first-order valence-electron chi connectivity index (χ1n) is 26.7. The summed E-state index contributed by atoms with van der Waals surface area (Å²) in [5, 5.41) is 21.4. The number of phenols is 1. The summed E-state index contributed by atoms with van der Waals surface area (Å²) in [7, 11) is 0. The number of amides is 3. The summed E-state index contributed by atoms with van der Waals surface area (Å²) in [4.78, 5) is 66.5. The lowest BCUT2D eigenvalue weighted by Gasteiger charge is -2.35. The minimum atomic E-state index is -0.824. The molecule has 404 valence electrons. The smallest absolute Gasteiger partial charge is 0.319 e. The van der Waals surface area contributed by atoms with E-state index in [4.69, 9.17) is 20.9 Å². The number of terminal acetylenes is 1. The molecule has 77 heavy (non-hydrogen) atoms. The number of piperazine rings is 1. The van der Waals surface area contributed by atoms with Crippen LogP contribution in [0, 0.1) is 36.3 Å². The number of ether oxygens (including phenoxy) is 2. The Labute approximate surface area is 451 Å². The molecule has 3 amide bonds. The summed E-state index contributed by atoms with van der Waals surface area (Å²) in [5.74, 6) is 0.603. The number of halogens is 2. The van der Waals surface area contributed by atoms with E-state index in [9.17, 15) is 19.5 Å². The average molecular weight is 1070 g/mol. The summed E-state index contributed by atoms with van der Waals surface area (Å²) < 4.78 is 44.5. The van der Waals surface area contributed by atoms with Crippen LogP contribution in [0.4, 0.5) is 14.6 Å². The predicted octanol–water partition coefficient (Wildman–Crippen LogP) is 7.66.